The molecule has 6 nitrogen and oxygen atoms in total. The van der Waals surface area contributed by atoms with Crippen molar-refractivity contribution in [1.82, 2.24) is 4.98 Å². The summed E-state index contributed by atoms with van der Waals surface area (Å²) in [6.07, 6.45) is 3.97. The van der Waals surface area contributed by atoms with Gasteiger partial charge in [-0.1, -0.05) is 0 Å². The van der Waals surface area contributed by atoms with Crippen LogP contribution in [0.25, 0.3) is 0 Å². The number of anilines is 1. The van der Waals surface area contributed by atoms with Gasteiger partial charge in [0.1, 0.15) is 9.84 Å². The number of nitrogens with zero attached hydrogens (tertiary/aromatic N) is 1. The maximum Gasteiger partial charge on any atom is 0.183 e. The maximum atomic E-state index is 11.8. The number of sulfone groups is 1. The Morgan fingerprint density at radius 3 is 2.71 bits per heavy atom. The van der Waals surface area contributed by atoms with Crippen LogP contribution >= 0.6 is 0 Å². The Labute approximate surface area is 99.9 Å². The summed E-state index contributed by atoms with van der Waals surface area (Å²) in [7, 11) is -3.12. The van der Waals surface area contributed by atoms with Crippen LogP contribution in [0.15, 0.2) is 18.5 Å². The lowest BCUT2D eigenvalue weighted by molar-refractivity contribution is 0.0960. The van der Waals surface area contributed by atoms with Gasteiger partial charge in [0.05, 0.1) is 17.4 Å². The van der Waals surface area contributed by atoms with Crippen molar-refractivity contribution in [3.8, 4) is 0 Å². The van der Waals surface area contributed by atoms with Crippen LogP contribution in [0.5, 0.6) is 0 Å². The third-order valence-electron chi connectivity index (χ3n) is 2.26. The molecule has 0 bridgehead atoms. The number of hydrogen-bond acceptors (Lipinski definition) is 6. The fraction of sp³-hybridized carbons (Fsp3) is 0.400. The highest BCUT2D eigenvalue weighted by atomic mass is 32.2. The van der Waals surface area contributed by atoms with Crippen molar-refractivity contribution in [1.29, 1.82) is 0 Å². The van der Waals surface area contributed by atoms with Crippen molar-refractivity contribution in [2.45, 2.75) is 12.5 Å². The molecule has 0 saturated heterocycles. The third-order valence-corrected chi connectivity index (χ3v) is 3.23. The standard InChI is InChI=1S/C10H15N3O3S/c1-17(15,16)5-3-9(12)10(14)7-6-13-4-2-8(7)11/h2,4,6,9H,3,5,12H2,1H3,(H2,11,13). The summed E-state index contributed by atoms with van der Waals surface area (Å²) in [4.78, 5) is 15.6. The van der Waals surface area contributed by atoms with Gasteiger partial charge in [0, 0.05) is 24.3 Å². The first-order chi connectivity index (χ1) is 7.81. The van der Waals surface area contributed by atoms with Crippen molar-refractivity contribution in [2.24, 2.45) is 5.73 Å². The van der Waals surface area contributed by atoms with E-state index < -0.39 is 15.9 Å². The summed E-state index contributed by atoms with van der Waals surface area (Å²) in [5.74, 6) is -0.515. The monoisotopic (exact) mass is 257 g/mol. The van der Waals surface area contributed by atoms with Crippen molar-refractivity contribution in [2.75, 3.05) is 17.7 Å². The molecule has 0 radical (unpaired) electrons. The number of rotatable bonds is 5. The summed E-state index contributed by atoms with van der Waals surface area (Å²) < 4.78 is 21.9. The molecule has 0 fully saturated rings. The molecule has 1 aromatic rings. The highest BCUT2D eigenvalue weighted by molar-refractivity contribution is 7.90. The van der Waals surface area contributed by atoms with E-state index in [1.54, 1.807) is 0 Å². The summed E-state index contributed by atoms with van der Waals surface area (Å²) in [5.41, 5.74) is 11.8. The van der Waals surface area contributed by atoms with E-state index in [9.17, 15) is 13.2 Å². The number of carbonyl (C=O) groups excluding carboxylic acids is 1. The number of pyridine rings is 1. The number of aromatic nitrogens is 1. The number of ketones is 1. The number of nitrogens with two attached hydrogens (primary N) is 2. The first kappa shape index (κ1) is 13.6. The minimum atomic E-state index is -3.12. The van der Waals surface area contributed by atoms with Gasteiger partial charge in [-0.25, -0.2) is 8.42 Å². The zero-order valence-corrected chi connectivity index (χ0v) is 10.3. The molecule has 0 aliphatic carbocycles. The van der Waals surface area contributed by atoms with E-state index in [1.807, 2.05) is 0 Å². The molecule has 1 atom stereocenters. The molecule has 0 aromatic carbocycles. The van der Waals surface area contributed by atoms with Crippen LogP contribution in [0, 0.1) is 0 Å². The van der Waals surface area contributed by atoms with Crippen LogP contribution in [0.2, 0.25) is 0 Å². The highest BCUT2D eigenvalue weighted by Gasteiger charge is 2.19. The van der Waals surface area contributed by atoms with Gasteiger partial charge in [-0.3, -0.25) is 9.78 Å². The molecule has 1 unspecified atom stereocenters. The van der Waals surface area contributed by atoms with Crippen molar-refractivity contribution in [3.05, 3.63) is 24.0 Å². The number of carbonyl (C=O) groups is 1. The van der Waals surface area contributed by atoms with E-state index >= 15 is 0 Å². The average Bonchev–Trinajstić information content (AvgIpc) is 2.24. The molecular formula is C10H15N3O3S. The van der Waals surface area contributed by atoms with E-state index in [2.05, 4.69) is 4.98 Å². The Bertz CT molecular complexity index is 513. The lowest BCUT2D eigenvalue weighted by Crippen LogP contribution is -2.33. The van der Waals surface area contributed by atoms with Crippen LogP contribution in [0.4, 0.5) is 5.69 Å². The van der Waals surface area contributed by atoms with Crippen LogP contribution in [0.3, 0.4) is 0 Å². The molecule has 7 heteroatoms. The topological polar surface area (TPSA) is 116 Å². The first-order valence-corrected chi connectivity index (χ1v) is 7.04. The molecule has 1 rings (SSSR count). The fourth-order valence-electron chi connectivity index (χ4n) is 1.28. The average molecular weight is 257 g/mol. The Kier molecular flexibility index (Phi) is 4.19. The Morgan fingerprint density at radius 2 is 2.18 bits per heavy atom. The number of Topliss-reactive ketones (excluding diaryl/α,β-unsaturated/α-hetero) is 1. The highest BCUT2D eigenvalue weighted by Crippen LogP contribution is 2.12. The molecule has 4 N–H and O–H groups in total. The molecule has 1 heterocycles. The van der Waals surface area contributed by atoms with E-state index in [0.717, 1.165) is 6.26 Å². The molecule has 17 heavy (non-hydrogen) atoms. The first-order valence-electron chi connectivity index (χ1n) is 4.98. The van der Waals surface area contributed by atoms with Crippen LogP contribution in [-0.4, -0.2) is 37.2 Å². The summed E-state index contributed by atoms with van der Waals surface area (Å²) in [6.45, 7) is 0. The van der Waals surface area contributed by atoms with Crippen LogP contribution < -0.4 is 11.5 Å². The largest absolute Gasteiger partial charge is 0.398 e. The Balaban J connectivity index is 2.74. The smallest absolute Gasteiger partial charge is 0.183 e. The Morgan fingerprint density at radius 1 is 1.53 bits per heavy atom. The second-order valence-corrected chi connectivity index (χ2v) is 6.11. The van der Waals surface area contributed by atoms with Gasteiger partial charge in [0.15, 0.2) is 5.78 Å². The fourth-order valence-corrected chi connectivity index (χ4v) is 1.97. The van der Waals surface area contributed by atoms with E-state index in [1.165, 1.54) is 18.5 Å². The van der Waals surface area contributed by atoms with Gasteiger partial charge in [0.2, 0.25) is 0 Å². The normalized spacial score (nSPS) is 13.3. The van der Waals surface area contributed by atoms with E-state index in [4.69, 9.17) is 11.5 Å². The van der Waals surface area contributed by atoms with Gasteiger partial charge in [-0.05, 0) is 12.5 Å². The number of hydrogen-bond donors (Lipinski definition) is 2. The maximum absolute atomic E-state index is 11.8. The molecule has 1 aromatic heterocycles. The summed E-state index contributed by atoms with van der Waals surface area (Å²) in [5, 5.41) is 0. The molecule has 0 saturated carbocycles. The summed E-state index contributed by atoms with van der Waals surface area (Å²) in [6, 6.07) is 0.618. The second-order valence-electron chi connectivity index (χ2n) is 3.85. The number of nitrogen functional groups attached to an aromatic ring is 1. The SMILES string of the molecule is CS(=O)(=O)CCC(N)C(=O)c1cnccc1N. The molecule has 94 valence electrons. The van der Waals surface area contributed by atoms with Gasteiger partial charge < -0.3 is 11.5 Å². The zero-order valence-electron chi connectivity index (χ0n) is 9.46. The third kappa shape index (κ3) is 4.12. The molecule has 0 aliphatic rings. The lowest BCUT2D eigenvalue weighted by Gasteiger charge is -2.10. The van der Waals surface area contributed by atoms with Gasteiger partial charge >= 0.3 is 0 Å². The van der Waals surface area contributed by atoms with Crippen molar-refractivity contribution >= 4 is 21.3 Å². The molecule has 0 spiro atoms. The zero-order chi connectivity index (χ0) is 13.1. The Hall–Kier alpha value is -1.47. The van der Waals surface area contributed by atoms with Gasteiger partial charge in [-0.2, -0.15) is 0 Å². The minimum Gasteiger partial charge on any atom is -0.398 e. The quantitative estimate of drug-likeness (QED) is 0.694. The van der Waals surface area contributed by atoms with Gasteiger partial charge in [-0.15, -0.1) is 0 Å². The lowest BCUT2D eigenvalue weighted by atomic mass is 10.0. The van der Waals surface area contributed by atoms with Crippen molar-refractivity contribution < 1.29 is 13.2 Å². The second kappa shape index (κ2) is 5.24. The van der Waals surface area contributed by atoms with E-state index in [0.29, 0.717) is 5.69 Å². The molecule has 0 aliphatic heterocycles. The molecular weight excluding hydrogens is 242 g/mol. The summed E-state index contributed by atoms with van der Waals surface area (Å²) >= 11 is 0. The minimum absolute atomic E-state index is 0.0754. The predicted molar refractivity (Wildman–Crippen MR) is 65.3 cm³/mol. The van der Waals surface area contributed by atoms with Crippen LogP contribution in [0.1, 0.15) is 16.8 Å². The molecule has 0 amide bonds. The van der Waals surface area contributed by atoms with Crippen molar-refractivity contribution in [3.63, 3.8) is 0 Å². The van der Waals surface area contributed by atoms with Crippen LogP contribution in [-0.2, 0) is 9.84 Å². The van der Waals surface area contributed by atoms with Gasteiger partial charge in [0.25, 0.3) is 0 Å². The predicted octanol–water partition coefficient (Wildman–Crippen LogP) is -0.391. The van der Waals surface area contributed by atoms with E-state index in [-0.39, 0.29) is 23.5 Å².